The van der Waals surface area contributed by atoms with Crippen LogP contribution in [-0.2, 0) is 11.3 Å². The first-order valence-corrected chi connectivity index (χ1v) is 11.0. The molecular weight excluding hydrogens is 406 g/mol. The van der Waals surface area contributed by atoms with Crippen LogP contribution in [0.1, 0.15) is 18.7 Å². The summed E-state index contributed by atoms with van der Waals surface area (Å²) >= 11 is 7.36. The van der Waals surface area contributed by atoms with E-state index in [4.69, 9.17) is 11.6 Å². The van der Waals surface area contributed by atoms with Gasteiger partial charge in [0.05, 0.1) is 12.3 Å². The zero-order valence-electron chi connectivity index (χ0n) is 15.9. The molecule has 0 saturated carbocycles. The van der Waals surface area contributed by atoms with Gasteiger partial charge in [-0.15, -0.1) is 10.2 Å². The van der Waals surface area contributed by atoms with Crippen molar-refractivity contribution in [2.45, 2.75) is 24.5 Å². The third-order valence-corrected chi connectivity index (χ3v) is 5.88. The molecular formula is C21H22ClN5OS. The van der Waals surface area contributed by atoms with E-state index in [9.17, 15) is 4.79 Å². The van der Waals surface area contributed by atoms with Crippen LogP contribution >= 0.6 is 23.4 Å². The number of hydrogen-bond donors (Lipinski definition) is 1. The fourth-order valence-electron chi connectivity index (χ4n) is 3.37. The summed E-state index contributed by atoms with van der Waals surface area (Å²) in [5.74, 6) is 1.03. The largest absolute Gasteiger partial charge is 0.325 e. The Morgan fingerprint density at radius 3 is 2.62 bits per heavy atom. The number of para-hydroxylation sites is 1. The number of hydrogen-bond acceptors (Lipinski definition) is 5. The highest BCUT2D eigenvalue weighted by Crippen LogP contribution is 2.24. The highest BCUT2D eigenvalue weighted by molar-refractivity contribution is 7.99. The Bertz CT molecular complexity index is 972. The molecule has 8 heteroatoms. The minimum absolute atomic E-state index is 0.110. The number of aromatic nitrogens is 3. The normalized spacial score (nSPS) is 14.2. The van der Waals surface area contributed by atoms with Gasteiger partial charge in [0.15, 0.2) is 11.0 Å². The van der Waals surface area contributed by atoms with Crippen LogP contribution in [0.2, 0.25) is 5.02 Å². The van der Waals surface area contributed by atoms with Crippen molar-refractivity contribution in [2.24, 2.45) is 0 Å². The minimum Gasteiger partial charge on any atom is -0.325 e. The maximum Gasteiger partial charge on any atom is 0.234 e. The maximum absolute atomic E-state index is 12.4. The lowest BCUT2D eigenvalue weighted by atomic mass is 10.3. The number of anilines is 1. The zero-order valence-corrected chi connectivity index (χ0v) is 17.5. The molecule has 3 aromatic rings. The topological polar surface area (TPSA) is 63.1 Å². The quantitative estimate of drug-likeness (QED) is 0.571. The Labute approximate surface area is 179 Å². The number of likely N-dealkylation sites (tertiary alicyclic amines) is 1. The van der Waals surface area contributed by atoms with E-state index in [1.54, 1.807) is 12.1 Å². The summed E-state index contributed by atoms with van der Waals surface area (Å²) in [5, 5.41) is 13.0. The number of amides is 1. The molecule has 0 bridgehead atoms. The zero-order chi connectivity index (χ0) is 20.1. The number of nitrogens with zero attached hydrogens (tertiary/aromatic N) is 4. The summed E-state index contributed by atoms with van der Waals surface area (Å²) in [7, 11) is 0. The predicted octanol–water partition coefficient (Wildman–Crippen LogP) is 4.25. The fraction of sp³-hybridized carbons (Fsp3) is 0.286. The van der Waals surface area contributed by atoms with Crippen molar-refractivity contribution in [3.05, 3.63) is 65.4 Å². The van der Waals surface area contributed by atoms with Gasteiger partial charge in [-0.2, -0.15) is 0 Å². The third kappa shape index (κ3) is 5.18. The highest BCUT2D eigenvalue weighted by Gasteiger charge is 2.20. The molecule has 4 rings (SSSR count). The van der Waals surface area contributed by atoms with Crippen molar-refractivity contribution < 1.29 is 4.79 Å². The van der Waals surface area contributed by atoms with E-state index in [1.165, 1.54) is 24.6 Å². The minimum atomic E-state index is -0.110. The Kier molecular flexibility index (Phi) is 6.49. The van der Waals surface area contributed by atoms with Gasteiger partial charge < -0.3 is 5.32 Å². The molecule has 0 atom stereocenters. The molecule has 0 spiro atoms. The van der Waals surface area contributed by atoms with Crippen LogP contribution in [0.15, 0.2) is 59.8 Å². The molecule has 1 amide bonds. The standard InChI is InChI=1S/C21H22ClN5OS/c22-16-7-6-8-17(13-16)23-20(28)15-29-21-25-24-19(14-26-11-4-5-12-26)27(21)18-9-2-1-3-10-18/h1-3,6-10,13H,4-5,11-12,14-15H2,(H,23,28). The average Bonchev–Trinajstić information content (AvgIpc) is 3.37. The number of carbonyl (C=O) groups excluding carboxylic acids is 1. The van der Waals surface area contributed by atoms with Gasteiger partial charge in [0.2, 0.25) is 5.91 Å². The maximum atomic E-state index is 12.4. The van der Waals surface area contributed by atoms with Gasteiger partial charge in [-0.1, -0.05) is 47.6 Å². The number of rotatable bonds is 7. The molecule has 1 aliphatic rings. The van der Waals surface area contributed by atoms with Crippen LogP contribution in [0, 0.1) is 0 Å². The van der Waals surface area contributed by atoms with E-state index in [1.807, 2.05) is 42.5 Å². The van der Waals surface area contributed by atoms with Crippen LogP contribution in [0.4, 0.5) is 5.69 Å². The van der Waals surface area contributed by atoms with Crippen LogP contribution in [0.25, 0.3) is 5.69 Å². The van der Waals surface area contributed by atoms with E-state index in [2.05, 4.69) is 25.0 Å². The molecule has 150 valence electrons. The third-order valence-electron chi connectivity index (χ3n) is 4.72. The molecule has 0 unspecified atom stereocenters. The number of thioether (sulfide) groups is 1. The molecule has 1 N–H and O–H groups in total. The van der Waals surface area contributed by atoms with Gasteiger partial charge in [-0.25, -0.2) is 0 Å². The Morgan fingerprint density at radius 2 is 1.86 bits per heavy atom. The van der Waals surface area contributed by atoms with E-state index in [0.29, 0.717) is 15.9 Å². The van der Waals surface area contributed by atoms with Crippen molar-refractivity contribution in [3.63, 3.8) is 0 Å². The Morgan fingerprint density at radius 1 is 1.07 bits per heavy atom. The summed E-state index contributed by atoms with van der Waals surface area (Å²) in [6.07, 6.45) is 2.45. The first kappa shape index (κ1) is 19.9. The van der Waals surface area contributed by atoms with Crippen molar-refractivity contribution in [1.82, 2.24) is 19.7 Å². The molecule has 2 heterocycles. The van der Waals surface area contributed by atoms with Crippen LogP contribution in [0.3, 0.4) is 0 Å². The summed E-state index contributed by atoms with van der Waals surface area (Å²) in [4.78, 5) is 14.8. The summed E-state index contributed by atoms with van der Waals surface area (Å²) in [6, 6.07) is 17.2. The van der Waals surface area contributed by atoms with E-state index >= 15 is 0 Å². The van der Waals surface area contributed by atoms with Gasteiger partial charge in [0, 0.05) is 16.4 Å². The molecule has 2 aromatic carbocycles. The first-order valence-electron chi connectivity index (χ1n) is 9.59. The van der Waals surface area contributed by atoms with Crippen molar-refractivity contribution >= 4 is 35.0 Å². The first-order chi connectivity index (χ1) is 14.2. The lowest BCUT2D eigenvalue weighted by Crippen LogP contribution is -2.21. The second kappa shape index (κ2) is 9.43. The summed E-state index contributed by atoms with van der Waals surface area (Å²) in [5.41, 5.74) is 1.69. The molecule has 1 aliphatic heterocycles. The van der Waals surface area contributed by atoms with E-state index in [0.717, 1.165) is 31.1 Å². The van der Waals surface area contributed by atoms with Gasteiger partial charge in [0.25, 0.3) is 0 Å². The smallest absolute Gasteiger partial charge is 0.234 e. The van der Waals surface area contributed by atoms with Gasteiger partial charge >= 0.3 is 0 Å². The lowest BCUT2D eigenvalue weighted by molar-refractivity contribution is -0.113. The van der Waals surface area contributed by atoms with Crippen LogP contribution in [0.5, 0.6) is 0 Å². The molecule has 29 heavy (non-hydrogen) atoms. The van der Waals surface area contributed by atoms with E-state index in [-0.39, 0.29) is 11.7 Å². The van der Waals surface area contributed by atoms with Crippen LogP contribution in [-0.4, -0.2) is 44.4 Å². The average molecular weight is 428 g/mol. The van der Waals surface area contributed by atoms with Crippen LogP contribution < -0.4 is 5.32 Å². The van der Waals surface area contributed by atoms with Gasteiger partial charge in [-0.3, -0.25) is 14.3 Å². The van der Waals surface area contributed by atoms with Crippen molar-refractivity contribution in [1.29, 1.82) is 0 Å². The monoisotopic (exact) mass is 427 g/mol. The second-order valence-electron chi connectivity index (χ2n) is 6.90. The summed E-state index contributed by atoms with van der Waals surface area (Å²) in [6.45, 7) is 2.94. The molecule has 1 saturated heterocycles. The van der Waals surface area contributed by atoms with Gasteiger partial charge in [-0.05, 0) is 56.3 Å². The lowest BCUT2D eigenvalue weighted by Gasteiger charge is -2.16. The molecule has 1 fully saturated rings. The second-order valence-corrected chi connectivity index (χ2v) is 8.28. The van der Waals surface area contributed by atoms with Gasteiger partial charge in [0.1, 0.15) is 0 Å². The SMILES string of the molecule is O=C(CSc1nnc(CN2CCCC2)n1-c1ccccc1)Nc1cccc(Cl)c1. The molecule has 1 aromatic heterocycles. The summed E-state index contributed by atoms with van der Waals surface area (Å²) < 4.78 is 2.05. The van der Waals surface area contributed by atoms with Crippen molar-refractivity contribution in [3.8, 4) is 5.69 Å². The molecule has 0 aliphatic carbocycles. The highest BCUT2D eigenvalue weighted by atomic mass is 35.5. The number of benzene rings is 2. The number of nitrogens with one attached hydrogen (secondary N) is 1. The number of halogens is 1. The van der Waals surface area contributed by atoms with E-state index < -0.39 is 0 Å². The number of carbonyl (C=O) groups is 1. The Hall–Kier alpha value is -2.35. The predicted molar refractivity (Wildman–Crippen MR) is 117 cm³/mol. The molecule has 6 nitrogen and oxygen atoms in total. The van der Waals surface area contributed by atoms with Crippen molar-refractivity contribution in [2.75, 3.05) is 24.2 Å². The molecule has 0 radical (unpaired) electrons. The Balaban J connectivity index is 1.49. The fourth-order valence-corrected chi connectivity index (χ4v) is 4.33.